The van der Waals surface area contributed by atoms with Crippen LogP contribution < -0.4 is 5.32 Å². The van der Waals surface area contributed by atoms with Gasteiger partial charge in [-0.25, -0.2) is 0 Å². The molecule has 98 valence electrons. The van der Waals surface area contributed by atoms with Crippen LogP contribution in [0.25, 0.3) is 0 Å². The lowest BCUT2D eigenvalue weighted by Crippen LogP contribution is -2.45. The highest BCUT2D eigenvalue weighted by Crippen LogP contribution is 2.31. The summed E-state index contributed by atoms with van der Waals surface area (Å²) in [4.78, 5) is 12.3. The lowest BCUT2D eigenvalue weighted by atomic mass is 9.78. The Hall–Kier alpha value is -1.35. The molecule has 1 N–H and O–H groups in total. The molecule has 0 aromatic heterocycles. The van der Waals surface area contributed by atoms with Gasteiger partial charge in [-0.05, 0) is 31.4 Å². The van der Waals surface area contributed by atoms with Crippen LogP contribution >= 0.6 is 0 Å². The van der Waals surface area contributed by atoms with Gasteiger partial charge in [0.25, 0.3) is 0 Å². The van der Waals surface area contributed by atoms with E-state index in [1.807, 2.05) is 30.3 Å². The molecule has 0 amide bonds. The Kier molecular flexibility index (Phi) is 4.37. The van der Waals surface area contributed by atoms with Gasteiger partial charge in [-0.1, -0.05) is 37.3 Å². The maximum absolute atomic E-state index is 12.3. The first-order chi connectivity index (χ1) is 8.77. The monoisotopic (exact) mass is 247 g/mol. The molecule has 1 aromatic rings. The van der Waals surface area contributed by atoms with E-state index >= 15 is 0 Å². The minimum atomic E-state index is -0.312. The lowest BCUT2D eigenvalue weighted by molar-refractivity contribution is -0.158. The Morgan fingerprint density at radius 1 is 1.39 bits per heavy atom. The number of carbonyl (C=O) groups is 1. The fourth-order valence-electron chi connectivity index (χ4n) is 2.46. The number of hydrogen-bond donors (Lipinski definition) is 1. The molecule has 0 bridgehead atoms. The van der Waals surface area contributed by atoms with Crippen LogP contribution in [0.15, 0.2) is 30.3 Å². The standard InChI is InChI=1S/C15H21NO2/c1-2-15(9-6-10-16-12-15)14(17)18-11-13-7-4-3-5-8-13/h3-5,7-8,16H,2,6,9-12H2,1H3/t15-/m0/s1. The zero-order valence-electron chi connectivity index (χ0n) is 10.9. The zero-order valence-corrected chi connectivity index (χ0v) is 10.9. The number of ether oxygens (including phenoxy) is 1. The van der Waals surface area contributed by atoms with E-state index in [0.29, 0.717) is 6.61 Å². The summed E-state index contributed by atoms with van der Waals surface area (Å²) >= 11 is 0. The highest BCUT2D eigenvalue weighted by molar-refractivity contribution is 5.77. The fourth-order valence-corrected chi connectivity index (χ4v) is 2.46. The number of nitrogens with one attached hydrogen (secondary N) is 1. The second-order valence-electron chi connectivity index (χ2n) is 4.98. The van der Waals surface area contributed by atoms with E-state index in [9.17, 15) is 4.79 Å². The fraction of sp³-hybridized carbons (Fsp3) is 0.533. The molecule has 0 saturated carbocycles. The number of esters is 1. The number of carbonyl (C=O) groups excluding carboxylic acids is 1. The third-order valence-electron chi connectivity index (χ3n) is 3.79. The summed E-state index contributed by atoms with van der Waals surface area (Å²) in [6, 6.07) is 9.84. The molecule has 1 aliphatic heterocycles. The second-order valence-corrected chi connectivity index (χ2v) is 4.98. The van der Waals surface area contributed by atoms with Gasteiger partial charge in [0.05, 0.1) is 5.41 Å². The SMILES string of the molecule is CC[C@]1(C(=O)OCc2ccccc2)CCCNC1. The van der Waals surface area contributed by atoms with E-state index in [4.69, 9.17) is 4.74 Å². The smallest absolute Gasteiger partial charge is 0.313 e. The Morgan fingerprint density at radius 2 is 2.17 bits per heavy atom. The number of rotatable bonds is 4. The number of piperidine rings is 1. The Morgan fingerprint density at radius 3 is 2.78 bits per heavy atom. The van der Waals surface area contributed by atoms with Crippen molar-refractivity contribution in [3.63, 3.8) is 0 Å². The van der Waals surface area contributed by atoms with Crippen molar-refractivity contribution < 1.29 is 9.53 Å². The van der Waals surface area contributed by atoms with Crippen LogP contribution in [-0.4, -0.2) is 19.1 Å². The molecule has 0 spiro atoms. The van der Waals surface area contributed by atoms with Gasteiger partial charge < -0.3 is 10.1 Å². The summed E-state index contributed by atoms with van der Waals surface area (Å²) < 4.78 is 5.48. The normalized spacial score (nSPS) is 23.6. The van der Waals surface area contributed by atoms with E-state index in [0.717, 1.165) is 37.9 Å². The van der Waals surface area contributed by atoms with Crippen molar-refractivity contribution in [2.45, 2.75) is 32.8 Å². The van der Waals surface area contributed by atoms with Crippen LogP contribution in [0, 0.1) is 5.41 Å². The highest BCUT2D eigenvalue weighted by Gasteiger charge is 2.39. The number of hydrogen-bond acceptors (Lipinski definition) is 3. The van der Waals surface area contributed by atoms with Crippen LogP contribution in [0.1, 0.15) is 31.7 Å². The molecular weight excluding hydrogens is 226 g/mol. The predicted molar refractivity (Wildman–Crippen MR) is 71.1 cm³/mol. The van der Waals surface area contributed by atoms with Crippen molar-refractivity contribution in [3.05, 3.63) is 35.9 Å². The Labute approximate surface area is 109 Å². The molecule has 0 radical (unpaired) electrons. The molecule has 18 heavy (non-hydrogen) atoms. The molecule has 3 nitrogen and oxygen atoms in total. The molecule has 1 heterocycles. The molecule has 1 saturated heterocycles. The average molecular weight is 247 g/mol. The minimum Gasteiger partial charge on any atom is -0.460 e. The third-order valence-corrected chi connectivity index (χ3v) is 3.79. The van der Waals surface area contributed by atoms with Crippen LogP contribution in [0.2, 0.25) is 0 Å². The van der Waals surface area contributed by atoms with Gasteiger partial charge in [-0.15, -0.1) is 0 Å². The number of benzene rings is 1. The maximum Gasteiger partial charge on any atom is 0.313 e. The van der Waals surface area contributed by atoms with Gasteiger partial charge in [0.1, 0.15) is 6.61 Å². The zero-order chi connectivity index (χ0) is 12.8. The van der Waals surface area contributed by atoms with E-state index in [1.165, 1.54) is 0 Å². The Bertz CT molecular complexity index is 383. The Balaban J connectivity index is 1.94. The highest BCUT2D eigenvalue weighted by atomic mass is 16.5. The molecular formula is C15H21NO2. The van der Waals surface area contributed by atoms with Gasteiger partial charge in [0.2, 0.25) is 0 Å². The van der Waals surface area contributed by atoms with Crippen molar-refractivity contribution in [2.75, 3.05) is 13.1 Å². The van der Waals surface area contributed by atoms with Crippen LogP contribution in [0.5, 0.6) is 0 Å². The topological polar surface area (TPSA) is 38.3 Å². The summed E-state index contributed by atoms with van der Waals surface area (Å²) in [5, 5.41) is 3.30. The minimum absolute atomic E-state index is 0.0546. The van der Waals surface area contributed by atoms with Gasteiger partial charge >= 0.3 is 5.97 Å². The summed E-state index contributed by atoms with van der Waals surface area (Å²) in [7, 11) is 0. The molecule has 1 fully saturated rings. The third kappa shape index (κ3) is 2.91. The van der Waals surface area contributed by atoms with E-state index in [-0.39, 0.29) is 11.4 Å². The first kappa shape index (κ1) is 13.1. The molecule has 0 aliphatic carbocycles. The quantitative estimate of drug-likeness (QED) is 0.831. The first-order valence-corrected chi connectivity index (χ1v) is 6.69. The van der Waals surface area contributed by atoms with Gasteiger partial charge in [0.15, 0.2) is 0 Å². The molecule has 1 aromatic carbocycles. The van der Waals surface area contributed by atoms with Crippen LogP contribution in [-0.2, 0) is 16.1 Å². The maximum atomic E-state index is 12.3. The van der Waals surface area contributed by atoms with Gasteiger partial charge in [-0.2, -0.15) is 0 Å². The van der Waals surface area contributed by atoms with Crippen molar-refractivity contribution in [1.82, 2.24) is 5.32 Å². The van der Waals surface area contributed by atoms with Crippen molar-refractivity contribution in [1.29, 1.82) is 0 Å². The van der Waals surface area contributed by atoms with Crippen molar-refractivity contribution >= 4 is 5.97 Å². The molecule has 2 rings (SSSR count). The van der Waals surface area contributed by atoms with Crippen LogP contribution in [0.4, 0.5) is 0 Å². The summed E-state index contributed by atoms with van der Waals surface area (Å²) in [6.07, 6.45) is 2.83. The largest absolute Gasteiger partial charge is 0.460 e. The van der Waals surface area contributed by atoms with Crippen molar-refractivity contribution in [3.8, 4) is 0 Å². The lowest BCUT2D eigenvalue weighted by Gasteiger charge is -2.34. The summed E-state index contributed by atoms with van der Waals surface area (Å²) in [5.41, 5.74) is 0.730. The average Bonchev–Trinajstić information content (AvgIpc) is 2.46. The predicted octanol–water partition coefficient (Wildman–Crippen LogP) is 2.51. The van der Waals surface area contributed by atoms with E-state index in [2.05, 4.69) is 12.2 Å². The van der Waals surface area contributed by atoms with Gasteiger partial charge in [-0.3, -0.25) is 4.79 Å². The summed E-state index contributed by atoms with van der Waals surface area (Å²) in [5.74, 6) is -0.0546. The molecule has 1 atom stereocenters. The molecule has 1 aliphatic rings. The van der Waals surface area contributed by atoms with E-state index in [1.54, 1.807) is 0 Å². The van der Waals surface area contributed by atoms with E-state index < -0.39 is 0 Å². The summed E-state index contributed by atoms with van der Waals surface area (Å²) in [6.45, 7) is 4.20. The van der Waals surface area contributed by atoms with Crippen molar-refractivity contribution in [2.24, 2.45) is 5.41 Å². The first-order valence-electron chi connectivity index (χ1n) is 6.69. The second kappa shape index (κ2) is 6.01. The van der Waals surface area contributed by atoms with Gasteiger partial charge in [0, 0.05) is 6.54 Å². The molecule has 3 heteroatoms. The van der Waals surface area contributed by atoms with Crippen LogP contribution in [0.3, 0.4) is 0 Å². The molecule has 0 unspecified atom stereocenters.